The molecule has 0 saturated heterocycles. The topological polar surface area (TPSA) is 69.2 Å². The quantitative estimate of drug-likeness (QED) is 0.364. The maximum absolute atomic E-state index is 12.7. The summed E-state index contributed by atoms with van der Waals surface area (Å²) in [5.41, 5.74) is 3.72. The van der Waals surface area contributed by atoms with Crippen LogP contribution in [-0.2, 0) is 0 Å². The van der Waals surface area contributed by atoms with Gasteiger partial charge in [0.15, 0.2) is 11.5 Å². The summed E-state index contributed by atoms with van der Waals surface area (Å²) in [7, 11) is 1.54. The molecule has 30 heavy (non-hydrogen) atoms. The molecule has 3 aromatic rings. The van der Waals surface area contributed by atoms with Crippen LogP contribution in [0.25, 0.3) is 10.8 Å². The van der Waals surface area contributed by atoms with Crippen molar-refractivity contribution < 1.29 is 19.0 Å². The molecule has 0 aromatic heterocycles. The maximum Gasteiger partial charge on any atom is 0.275 e. The van der Waals surface area contributed by atoms with Crippen LogP contribution in [0.4, 0.5) is 0 Å². The van der Waals surface area contributed by atoms with E-state index in [1.54, 1.807) is 12.3 Å². The number of amides is 1. The van der Waals surface area contributed by atoms with Gasteiger partial charge in [0, 0.05) is 0 Å². The normalized spacial score (nSPS) is 10.9. The monoisotopic (exact) mass is 470 g/mol. The van der Waals surface area contributed by atoms with Gasteiger partial charge in [0.2, 0.25) is 0 Å². The van der Waals surface area contributed by atoms with Gasteiger partial charge in [-0.1, -0.05) is 24.3 Å². The van der Waals surface area contributed by atoms with Crippen LogP contribution >= 0.6 is 15.9 Å². The standard InChI is InChI=1S/C23H23BrN2O4/c1-4-29-21-11-15(10-19(24)22(21)30-5-2)14-25-26-23(27)18-12-16-8-6-7-9-17(16)13-20(18)28-3/h6-14H,4-5H2,1-3H3,(H,26,27). The second-order valence-corrected chi connectivity index (χ2v) is 7.15. The van der Waals surface area contributed by atoms with E-state index >= 15 is 0 Å². The van der Waals surface area contributed by atoms with Crippen LogP contribution in [-0.4, -0.2) is 32.4 Å². The van der Waals surface area contributed by atoms with Gasteiger partial charge in [0.25, 0.3) is 5.91 Å². The lowest BCUT2D eigenvalue weighted by atomic mass is 10.1. The molecule has 7 heteroatoms. The number of rotatable bonds is 8. The molecule has 0 atom stereocenters. The number of carbonyl (C=O) groups excluding carboxylic acids is 1. The molecule has 1 N–H and O–H groups in total. The number of nitrogens with one attached hydrogen (secondary N) is 1. The third-order valence-corrected chi connectivity index (χ3v) is 4.90. The predicted octanol–water partition coefficient (Wildman–Crippen LogP) is 5.17. The molecule has 6 nitrogen and oxygen atoms in total. The Morgan fingerprint density at radius 1 is 1.03 bits per heavy atom. The number of hydrogen-bond donors (Lipinski definition) is 1. The largest absolute Gasteiger partial charge is 0.496 e. The molecule has 156 valence electrons. The molecule has 0 unspecified atom stereocenters. The van der Waals surface area contributed by atoms with E-state index in [0.717, 1.165) is 20.8 Å². The lowest BCUT2D eigenvalue weighted by Crippen LogP contribution is -2.18. The Balaban J connectivity index is 1.81. The van der Waals surface area contributed by atoms with E-state index in [4.69, 9.17) is 14.2 Å². The molecule has 0 aliphatic rings. The average molecular weight is 471 g/mol. The first kappa shape index (κ1) is 21.6. The first-order valence-electron chi connectivity index (χ1n) is 9.56. The molecule has 0 fully saturated rings. The van der Waals surface area contributed by atoms with E-state index in [9.17, 15) is 4.79 Å². The van der Waals surface area contributed by atoms with Gasteiger partial charge in [0.1, 0.15) is 5.75 Å². The van der Waals surface area contributed by atoms with Crippen molar-refractivity contribution in [2.75, 3.05) is 20.3 Å². The Labute approximate surface area is 184 Å². The molecule has 0 spiro atoms. The Morgan fingerprint density at radius 3 is 2.40 bits per heavy atom. The van der Waals surface area contributed by atoms with Crippen molar-refractivity contribution in [1.82, 2.24) is 5.43 Å². The van der Waals surface area contributed by atoms with E-state index in [1.807, 2.05) is 56.3 Å². The smallest absolute Gasteiger partial charge is 0.275 e. The molecule has 3 rings (SSSR count). The third-order valence-electron chi connectivity index (χ3n) is 4.31. The summed E-state index contributed by atoms with van der Waals surface area (Å²) in [5, 5.41) is 6.04. The van der Waals surface area contributed by atoms with Crippen molar-refractivity contribution in [3.8, 4) is 17.2 Å². The summed E-state index contributed by atoms with van der Waals surface area (Å²) >= 11 is 3.50. The van der Waals surface area contributed by atoms with Crippen LogP contribution in [0, 0.1) is 0 Å². The first-order chi connectivity index (χ1) is 14.6. The lowest BCUT2D eigenvalue weighted by molar-refractivity contribution is 0.0952. The van der Waals surface area contributed by atoms with Gasteiger partial charge in [-0.25, -0.2) is 5.43 Å². The fraction of sp³-hybridized carbons (Fsp3) is 0.217. The second kappa shape index (κ2) is 10.1. The molecular weight excluding hydrogens is 448 g/mol. The summed E-state index contributed by atoms with van der Waals surface area (Å²) in [5.74, 6) is 1.38. The number of benzene rings is 3. The minimum absolute atomic E-state index is 0.358. The van der Waals surface area contributed by atoms with Gasteiger partial charge in [0.05, 0.1) is 36.6 Å². The van der Waals surface area contributed by atoms with Crippen molar-refractivity contribution in [1.29, 1.82) is 0 Å². The molecule has 3 aromatic carbocycles. The zero-order valence-electron chi connectivity index (χ0n) is 17.1. The Bertz CT molecular complexity index is 1080. The highest BCUT2D eigenvalue weighted by atomic mass is 79.9. The molecule has 0 radical (unpaired) electrons. The molecule has 0 bridgehead atoms. The van der Waals surface area contributed by atoms with Crippen molar-refractivity contribution in [2.45, 2.75) is 13.8 Å². The number of methoxy groups -OCH3 is 1. The summed E-state index contributed by atoms with van der Waals surface area (Å²) < 4.78 is 17.4. The lowest BCUT2D eigenvalue weighted by Gasteiger charge is -2.13. The van der Waals surface area contributed by atoms with E-state index < -0.39 is 0 Å². The van der Waals surface area contributed by atoms with E-state index in [-0.39, 0.29) is 5.91 Å². The minimum Gasteiger partial charge on any atom is -0.496 e. The van der Waals surface area contributed by atoms with Crippen LogP contribution in [0.5, 0.6) is 17.2 Å². The van der Waals surface area contributed by atoms with Gasteiger partial charge in [-0.15, -0.1) is 0 Å². The molecule has 0 heterocycles. The summed E-state index contributed by atoms with van der Waals surface area (Å²) in [6.45, 7) is 4.84. The second-order valence-electron chi connectivity index (χ2n) is 6.29. The minimum atomic E-state index is -0.358. The molecular formula is C23H23BrN2O4. The highest BCUT2D eigenvalue weighted by Gasteiger charge is 2.14. The average Bonchev–Trinajstić information content (AvgIpc) is 2.75. The number of carbonyl (C=O) groups is 1. The number of halogens is 1. The summed E-state index contributed by atoms with van der Waals surface area (Å²) in [6, 6.07) is 15.1. The van der Waals surface area contributed by atoms with E-state index in [1.165, 1.54) is 7.11 Å². The van der Waals surface area contributed by atoms with E-state index in [2.05, 4.69) is 26.5 Å². The van der Waals surface area contributed by atoms with Crippen molar-refractivity contribution in [3.05, 3.63) is 64.1 Å². The van der Waals surface area contributed by atoms with Gasteiger partial charge in [-0.2, -0.15) is 5.10 Å². The zero-order chi connectivity index (χ0) is 21.5. The Hall–Kier alpha value is -3.06. The number of ether oxygens (including phenoxy) is 3. The van der Waals surface area contributed by atoms with Crippen LogP contribution in [0.3, 0.4) is 0 Å². The van der Waals surface area contributed by atoms with Gasteiger partial charge >= 0.3 is 0 Å². The van der Waals surface area contributed by atoms with Gasteiger partial charge in [-0.3, -0.25) is 4.79 Å². The zero-order valence-corrected chi connectivity index (χ0v) is 18.7. The van der Waals surface area contributed by atoms with Gasteiger partial charge in [-0.05, 0) is 70.4 Å². The highest BCUT2D eigenvalue weighted by molar-refractivity contribution is 9.10. The maximum atomic E-state index is 12.7. The molecule has 0 aliphatic heterocycles. The predicted molar refractivity (Wildman–Crippen MR) is 122 cm³/mol. The SMILES string of the molecule is CCOc1cc(C=NNC(=O)c2cc3ccccc3cc2OC)cc(Br)c1OCC. The van der Waals surface area contributed by atoms with E-state index in [0.29, 0.717) is 36.0 Å². The van der Waals surface area contributed by atoms with Crippen LogP contribution in [0.15, 0.2) is 58.1 Å². The molecule has 0 aliphatic carbocycles. The van der Waals surface area contributed by atoms with Crippen molar-refractivity contribution in [3.63, 3.8) is 0 Å². The first-order valence-corrected chi connectivity index (χ1v) is 10.4. The molecule has 0 saturated carbocycles. The number of fused-ring (bicyclic) bond motifs is 1. The fourth-order valence-electron chi connectivity index (χ4n) is 3.00. The molecule has 1 amide bonds. The number of hydrazone groups is 1. The number of nitrogens with zero attached hydrogens (tertiary/aromatic N) is 1. The Morgan fingerprint density at radius 2 is 1.73 bits per heavy atom. The van der Waals surface area contributed by atoms with Crippen LogP contribution in [0.2, 0.25) is 0 Å². The van der Waals surface area contributed by atoms with Crippen LogP contribution < -0.4 is 19.6 Å². The summed E-state index contributed by atoms with van der Waals surface area (Å²) in [4.78, 5) is 12.7. The van der Waals surface area contributed by atoms with Crippen LogP contribution in [0.1, 0.15) is 29.8 Å². The number of hydrogen-bond acceptors (Lipinski definition) is 5. The third kappa shape index (κ3) is 4.91. The van der Waals surface area contributed by atoms with Gasteiger partial charge < -0.3 is 14.2 Å². The van der Waals surface area contributed by atoms with Crippen molar-refractivity contribution in [2.24, 2.45) is 5.10 Å². The van der Waals surface area contributed by atoms with Crippen molar-refractivity contribution >= 4 is 38.8 Å². The Kier molecular flexibility index (Phi) is 7.30. The summed E-state index contributed by atoms with van der Waals surface area (Å²) in [6.07, 6.45) is 1.55. The fourth-order valence-corrected chi connectivity index (χ4v) is 3.58. The highest BCUT2D eigenvalue weighted by Crippen LogP contribution is 2.36.